The molecule has 0 amide bonds. The number of ketones is 1. The van der Waals surface area contributed by atoms with Crippen molar-refractivity contribution in [3.63, 3.8) is 0 Å². The molecule has 0 N–H and O–H groups in total. The van der Waals surface area contributed by atoms with Gasteiger partial charge in [0.2, 0.25) is 11.7 Å². The topological polar surface area (TPSA) is 82.3 Å². The summed E-state index contributed by atoms with van der Waals surface area (Å²) in [4.78, 5) is 24.6. The fourth-order valence-corrected chi connectivity index (χ4v) is 1.47. The van der Waals surface area contributed by atoms with Gasteiger partial charge < -0.3 is 4.74 Å². The number of carbonyl (C=O) groups is 1. The largest absolute Gasteiger partial charge is 0.439 e. The molecule has 1 aromatic heterocycles. The summed E-state index contributed by atoms with van der Waals surface area (Å²) in [6.45, 7) is 1.41. The fraction of sp³-hybridized carbons (Fsp3) is 0.0769. The maximum absolute atomic E-state index is 13.4. The van der Waals surface area contributed by atoms with Crippen LogP contribution in [0.25, 0.3) is 0 Å². The van der Waals surface area contributed by atoms with E-state index in [1.807, 2.05) is 0 Å². The number of hydrogen-bond acceptors (Lipinski definition) is 5. The molecule has 0 aliphatic rings. The van der Waals surface area contributed by atoms with Gasteiger partial charge in [0.15, 0.2) is 5.78 Å². The van der Waals surface area contributed by atoms with E-state index in [0.717, 1.165) is 12.1 Å². The molecule has 0 atom stereocenters. The van der Waals surface area contributed by atoms with Gasteiger partial charge in [0.1, 0.15) is 5.75 Å². The second kappa shape index (κ2) is 5.43. The van der Waals surface area contributed by atoms with Crippen LogP contribution in [0.2, 0.25) is 0 Å². The molecule has 0 aliphatic heterocycles. The first kappa shape index (κ1) is 13.6. The lowest BCUT2D eigenvalue weighted by Crippen LogP contribution is -1.96. The Labute approximate surface area is 113 Å². The van der Waals surface area contributed by atoms with E-state index in [4.69, 9.17) is 4.74 Å². The first-order valence-electron chi connectivity index (χ1n) is 5.56. The van der Waals surface area contributed by atoms with Crippen molar-refractivity contribution in [2.24, 2.45) is 0 Å². The summed E-state index contributed by atoms with van der Waals surface area (Å²) in [6, 6.07) is 6.15. The Morgan fingerprint density at radius 1 is 1.35 bits per heavy atom. The van der Waals surface area contributed by atoms with Crippen LogP contribution in [0.15, 0.2) is 36.5 Å². The Kier molecular flexibility index (Phi) is 3.69. The third-order valence-corrected chi connectivity index (χ3v) is 2.48. The van der Waals surface area contributed by atoms with E-state index in [0.29, 0.717) is 5.56 Å². The van der Waals surface area contributed by atoms with Gasteiger partial charge in [-0.3, -0.25) is 14.9 Å². The highest BCUT2D eigenvalue weighted by molar-refractivity contribution is 5.93. The number of ether oxygens (including phenoxy) is 1. The Balaban J connectivity index is 2.19. The number of aromatic nitrogens is 1. The molecular formula is C13H9FN2O4. The van der Waals surface area contributed by atoms with Crippen molar-refractivity contribution in [1.82, 2.24) is 4.98 Å². The number of halogens is 1. The first-order valence-corrected chi connectivity index (χ1v) is 5.56. The van der Waals surface area contributed by atoms with E-state index in [9.17, 15) is 19.3 Å². The number of pyridine rings is 1. The van der Waals surface area contributed by atoms with Gasteiger partial charge >= 0.3 is 5.69 Å². The molecule has 1 aromatic carbocycles. The number of hydrogen-bond donors (Lipinski definition) is 0. The lowest BCUT2D eigenvalue weighted by atomic mass is 10.2. The fourth-order valence-electron chi connectivity index (χ4n) is 1.47. The zero-order chi connectivity index (χ0) is 14.7. The average Bonchev–Trinajstić information content (AvgIpc) is 2.39. The molecular weight excluding hydrogens is 267 g/mol. The summed E-state index contributed by atoms with van der Waals surface area (Å²) >= 11 is 0. The highest BCUT2D eigenvalue weighted by atomic mass is 19.1. The zero-order valence-corrected chi connectivity index (χ0v) is 10.4. The lowest BCUT2D eigenvalue weighted by Gasteiger charge is -2.05. The van der Waals surface area contributed by atoms with Gasteiger partial charge in [0.05, 0.1) is 4.92 Å². The van der Waals surface area contributed by atoms with Crippen molar-refractivity contribution in [2.45, 2.75) is 6.92 Å². The molecule has 20 heavy (non-hydrogen) atoms. The van der Waals surface area contributed by atoms with Crippen LogP contribution in [-0.2, 0) is 0 Å². The van der Waals surface area contributed by atoms with Crippen molar-refractivity contribution < 1.29 is 18.8 Å². The molecule has 1 heterocycles. The van der Waals surface area contributed by atoms with E-state index >= 15 is 0 Å². The zero-order valence-electron chi connectivity index (χ0n) is 10.4. The standard InChI is InChI=1S/C13H9FN2O4/c1-8(17)9-2-5-13(15-7-9)20-10-3-4-12(16(18)19)11(14)6-10/h2-7H,1H3. The van der Waals surface area contributed by atoms with Crippen molar-refractivity contribution in [3.8, 4) is 11.6 Å². The van der Waals surface area contributed by atoms with Crippen molar-refractivity contribution in [1.29, 1.82) is 0 Å². The van der Waals surface area contributed by atoms with Crippen LogP contribution in [0, 0.1) is 15.9 Å². The molecule has 0 saturated carbocycles. The van der Waals surface area contributed by atoms with E-state index in [2.05, 4.69) is 4.98 Å². The predicted octanol–water partition coefficient (Wildman–Crippen LogP) is 3.12. The third-order valence-electron chi connectivity index (χ3n) is 2.48. The predicted molar refractivity (Wildman–Crippen MR) is 67.4 cm³/mol. The normalized spacial score (nSPS) is 10.1. The van der Waals surface area contributed by atoms with Gasteiger partial charge in [0.25, 0.3) is 0 Å². The van der Waals surface area contributed by atoms with Crippen molar-refractivity contribution in [3.05, 3.63) is 58.0 Å². The number of Topliss-reactive ketones (excluding diaryl/α,β-unsaturated/α-hetero) is 1. The van der Waals surface area contributed by atoms with Crippen molar-refractivity contribution >= 4 is 11.5 Å². The molecule has 0 spiro atoms. The van der Waals surface area contributed by atoms with Gasteiger partial charge in [-0.05, 0) is 19.1 Å². The van der Waals surface area contributed by atoms with E-state index in [1.165, 1.54) is 31.3 Å². The number of benzene rings is 1. The maximum atomic E-state index is 13.4. The molecule has 0 unspecified atom stereocenters. The second-order valence-corrected chi connectivity index (χ2v) is 3.91. The summed E-state index contributed by atoms with van der Waals surface area (Å²) in [7, 11) is 0. The molecule has 7 heteroatoms. The molecule has 0 saturated heterocycles. The summed E-state index contributed by atoms with van der Waals surface area (Å²) in [5, 5.41) is 10.5. The van der Waals surface area contributed by atoms with Crippen LogP contribution in [0.1, 0.15) is 17.3 Å². The van der Waals surface area contributed by atoms with Gasteiger partial charge in [0, 0.05) is 30.0 Å². The summed E-state index contributed by atoms with van der Waals surface area (Å²) < 4.78 is 18.6. The van der Waals surface area contributed by atoms with Crippen LogP contribution < -0.4 is 4.74 Å². The molecule has 2 aromatic rings. The minimum Gasteiger partial charge on any atom is -0.439 e. The van der Waals surface area contributed by atoms with E-state index < -0.39 is 16.4 Å². The highest BCUT2D eigenvalue weighted by Gasteiger charge is 2.14. The molecule has 0 fully saturated rings. The molecule has 6 nitrogen and oxygen atoms in total. The number of nitrogens with zero attached hydrogens (tertiary/aromatic N) is 2. The molecule has 0 bridgehead atoms. The summed E-state index contributed by atoms with van der Waals surface area (Å²) in [5.74, 6) is -0.891. The number of nitro groups is 1. The first-order chi connectivity index (χ1) is 9.47. The molecule has 102 valence electrons. The minimum absolute atomic E-state index is 0.0798. The minimum atomic E-state index is -0.993. The van der Waals surface area contributed by atoms with E-state index in [1.54, 1.807) is 0 Å². The Morgan fingerprint density at radius 3 is 2.60 bits per heavy atom. The van der Waals surface area contributed by atoms with Crippen LogP contribution >= 0.6 is 0 Å². The Hall–Kier alpha value is -2.83. The quantitative estimate of drug-likeness (QED) is 0.486. The highest BCUT2D eigenvalue weighted by Crippen LogP contribution is 2.25. The van der Waals surface area contributed by atoms with Gasteiger partial charge in [-0.25, -0.2) is 4.98 Å². The summed E-state index contributed by atoms with van der Waals surface area (Å²) in [6.07, 6.45) is 1.33. The monoisotopic (exact) mass is 276 g/mol. The number of rotatable bonds is 4. The molecule has 0 radical (unpaired) electrons. The molecule has 0 aliphatic carbocycles. The lowest BCUT2D eigenvalue weighted by molar-refractivity contribution is -0.387. The maximum Gasteiger partial charge on any atom is 0.305 e. The smallest absolute Gasteiger partial charge is 0.305 e. The van der Waals surface area contributed by atoms with Crippen LogP contribution in [0.4, 0.5) is 10.1 Å². The van der Waals surface area contributed by atoms with Gasteiger partial charge in [-0.15, -0.1) is 0 Å². The van der Waals surface area contributed by atoms with Crippen molar-refractivity contribution in [2.75, 3.05) is 0 Å². The third kappa shape index (κ3) is 2.94. The van der Waals surface area contributed by atoms with Crippen LogP contribution in [0.5, 0.6) is 11.6 Å². The Morgan fingerprint density at radius 2 is 2.10 bits per heavy atom. The average molecular weight is 276 g/mol. The SMILES string of the molecule is CC(=O)c1ccc(Oc2ccc([N+](=O)[O-])c(F)c2)nc1. The van der Waals surface area contributed by atoms with Gasteiger partial charge in [-0.2, -0.15) is 4.39 Å². The van der Waals surface area contributed by atoms with Crippen LogP contribution in [0.3, 0.4) is 0 Å². The van der Waals surface area contributed by atoms with Crippen LogP contribution in [-0.4, -0.2) is 15.7 Å². The number of nitro benzene ring substituents is 1. The van der Waals surface area contributed by atoms with Gasteiger partial charge in [-0.1, -0.05) is 0 Å². The molecule has 2 rings (SSSR count). The van der Waals surface area contributed by atoms with E-state index in [-0.39, 0.29) is 17.4 Å². The second-order valence-electron chi connectivity index (χ2n) is 3.91. The Bertz CT molecular complexity index is 671. The number of carbonyl (C=O) groups excluding carboxylic acids is 1. The summed E-state index contributed by atoms with van der Waals surface area (Å²) in [5.41, 5.74) is -0.204.